The second-order valence-corrected chi connectivity index (χ2v) is 4.77. The highest BCUT2D eigenvalue weighted by Gasteiger charge is 2.13. The van der Waals surface area contributed by atoms with Gasteiger partial charge in [-0.1, -0.05) is 23.8 Å². The third-order valence-corrected chi connectivity index (χ3v) is 3.31. The van der Waals surface area contributed by atoms with E-state index in [1.807, 2.05) is 6.92 Å². The van der Waals surface area contributed by atoms with Gasteiger partial charge in [0.25, 0.3) is 0 Å². The summed E-state index contributed by atoms with van der Waals surface area (Å²) in [4.78, 5) is 19.3. The summed E-state index contributed by atoms with van der Waals surface area (Å²) in [5.74, 6) is 0.605. The average Bonchev–Trinajstić information content (AvgIpc) is 2.85. The number of rotatable bonds is 6. The maximum atomic E-state index is 11.0. The van der Waals surface area contributed by atoms with Gasteiger partial charge in [-0.15, -0.1) is 0 Å². The van der Waals surface area contributed by atoms with E-state index < -0.39 is 5.97 Å². The van der Waals surface area contributed by atoms with Crippen LogP contribution in [0.1, 0.15) is 35.4 Å². The summed E-state index contributed by atoms with van der Waals surface area (Å²) in [6.45, 7) is 2.03. The molecule has 100 valence electrons. The second kappa shape index (κ2) is 6.33. The molecule has 2 aromatic rings. The predicted molar refractivity (Wildman–Crippen MR) is 69.1 cm³/mol. The van der Waals surface area contributed by atoms with Crippen LogP contribution >= 0.6 is 11.8 Å². The van der Waals surface area contributed by atoms with Crippen molar-refractivity contribution in [3.05, 3.63) is 35.6 Å². The molecule has 0 aliphatic carbocycles. The lowest BCUT2D eigenvalue weighted by Gasteiger charge is -2.01. The number of aryl methyl sites for hydroxylation is 1. The van der Waals surface area contributed by atoms with Crippen LogP contribution in [0.5, 0.6) is 0 Å². The fraction of sp³-hybridized carbons (Fsp3) is 0.333. The fourth-order valence-electron chi connectivity index (χ4n) is 1.47. The van der Waals surface area contributed by atoms with Gasteiger partial charge in [0.1, 0.15) is 5.03 Å². The van der Waals surface area contributed by atoms with E-state index in [4.69, 9.17) is 9.63 Å². The van der Waals surface area contributed by atoms with E-state index in [1.165, 1.54) is 17.8 Å². The summed E-state index contributed by atoms with van der Waals surface area (Å²) in [5.41, 5.74) is 0.185. The molecule has 2 rings (SSSR count). The van der Waals surface area contributed by atoms with Gasteiger partial charge in [0.05, 0.1) is 11.3 Å². The van der Waals surface area contributed by atoms with Crippen molar-refractivity contribution in [2.24, 2.45) is 0 Å². The fourth-order valence-corrected chi connectivity index (χ4v) is 2.30. The molecule has 1 N–H and O–H groups in total. The summed E-state index contributed by atoms with van der Waals surface area (Å²) in [6, 6.07) is 3.12. The standard InChI is InChI=1S/C12H13N3O3S/c1-2-4-10-14-9(15-18-10)7-19-11-8(12(16)17)5-3-6-13-11/h3,5-6H,2,4,7H2,1H3,(H,16,17). The number of hydrogen-bond acceptors (Lipinski definition) is 6. The highest BCUT2D eigenvalue weighted by molar-refractivity contribution is 7.98. The molecule has 2 aromatic heterocycles. The Bertz CT molecular complexity index is 571. The number of carboxylic acid groups (broad SMARTS) is 1. The minimum Gasteiger partial charge on any atom is -0.478 e. The lowest BCUT2D eigenvalue weighted by molar-refractivity contribution is 0.0692. The van der Waals surface area contributed by atoms with Gasteiger partial charge in [-0.2, -0.15) is 4.98 Å². The Balaban J connectivity index is 2.03. The molecule has 0 fully saturated rings. The first-order valence-corrected chi connectivity index (χ1v) is 6.82. The number of thioether (sulfide) groups is 1. The monoisotopic (exact) mass is 279 g/mol. The molecule has 0 bridgehead atoms. The third kappa shape index (κ3) is 3.54. The molecule has 6 nitrogen and oxygen atoms in total. The van der Waals surface area contributed by atoms with E-state index >= 15 is 0 Å². The summed E-state index contributed by atoms with van der Waals surface area (Å²) >= 11 is 1.28. The molecule has 19 heavy (non-hydrogen) atoms. The van der Waals surface area contributed by atoms with E-state index in [2.05, 4.69) is 15.1 Å². The Morgan fingerprint density at radius 2 is 2.37 bits per heavy atom. The first-order chi connectivity index (χ1) is 9.20. The Kier molecular flexibility index (Phi) is 4.51. The zero-order chi connectivity index (χ0) is 13.7. The lowest BCUT2D eigenvalue weighted by atomic mass is 10.3. The number of pyridine rings is 1. The molecule has 0 aliphatic rings. The average molecular weight is 279 g/mol. The smallest absolute Gasteiger partial charge is 0.338 e. The van der Waals surface area contributed by atoms with E-state index in [-0.39, 0.29) is 5.56 Å². The van der Waals surface area contributed by atoms with Crippen LogP contribution in [0.3, 0.4) is 0 Å². The molecular formula is C12H13N3O3S. The van der Waals surface area contributed by atoms with Crippen LogP contribution in [0.25, 0.3) is 0 Å². The van der Waals surface area contributed by atoms with E-state index in [1.54, 1.807) is 12.3 Å². The Hall–Kier alpha value is -1.89. The lowest BCUT2D eigenvalue weighted by Crippen LogP contribution is -2.00. The van der Waals surface area contributed by atoms with Crippen molar-refractivity contribution in [2.75, 3.05) is 0 Å². The van der Waals surface area contributed by atoms with E-state index in [0.29, 0.717) is 22.5 Å². The molecule has 0 unspecified atom stereocenters. The molecule has 0 aromatic carbocycles. The van der Waals surface area contributed by atoms with Gasteiger partial charge in [-0.3, -0.25) is 0 Å². The van der Waals surface area contributed by atoms with Crippen molar-refractivity contribution in [3.8, 4) is 0 Å². The van der Waals surface area contributed by atoms with Gasteiger partial charge in [0.2, 0.25) is 5.89 Å². The van der Waals surface area contributed by atoms with Gasteiger partial charge in [-0.25, -0.2) is 9.78 Å². The van der Waals surface area contributed by atoms with Crippen molar-refractivity contribution in [1.29, 1.82) is 0 Å². The molecule has 0 aliphatic heterocycles. The quantitative estimate of drug-likeness (QED) is 0.812. The number of aromatic carboxylic acids is 1. The highest BCUT2D eigenvalue weighted by atomic mass is 32.2. The summed E-state index contributed by atoms with van der Waals surface area (Å²) in [7, 11) is 0. The van der Waals surface area contributed by atoms with Gasteiger partial charge in [0.15, 0.2) is 5.82 Å². The molecular weight excluding hydrogens is 266 g/mol. The third-order valence-electron chi connectivity index (χ3n) is 2.31. The molecule has 7 heteroatoms. The molecule has 0 radical (unpaired) electrons. The van der Waals surface area contributed by atoms with E-state index in [0.717, 1.165) is 12.8 Å². The number of carboxylic acids is 1. The molecule has 0 saturated carbocycles. The maximum Gasteiger partial charge on any atom is 0.338 e. The van der Waals surface area contributed by atoms with Crippen molar-refractivity contribution >= 4 is 17.7 Å². The maximum absolute atomic E-state index is 11.0. The minimum absolute atomic E-state index is 0.185. The van der Waals surface area contributed by atoms with Crippen molar-refractivity contribution in [2.45, 2.75) is 30.5 Å². The predicted octanol–water partition coefficient (Wildman–Crippen LogP) is 2.41. The van der Waals surface area contributed by atoms with Crippen molar-refractivity contribution in [3.63, 3.8) is 0 Å². The number of aromatic nitrogens is 3. The molecule has 0 spiro atoms. The SMILES string of the molecule is CCCc1nc(CSc2ncccc2C(=O)O)no1. The number of nitrogens with zero attached hydrogens (tertiary/aromatic N) is 3. The summed E-state index contributed by atoms with van der Waals surface area (Å²) in [5, 5.41) is 13.3. The number of carbonyl (C=O) groups is 1. The Morgan fingerprint density at radius 1 is 1.53 bits per heavy atom. The van der Waals surface area contributed by atoms with Gasteiger partial charge in [-0.05, 0) is 18.6 Å². The first-order valence-electron chi connectivity index (χ1n) is 5.83. The van der Waals surface area contributed by atoms with Crippen LogP contribution in [0.4, 0.5) is 0 Å². The van der Waals surface area contributed by atoms with Gasteiger partial charge < -0.3 is 9.63 Å². The van der Waals surface area contributed by atoms with Crippen LogP contribution in [0.2, 0.25) is 0 Å². The molecule has 0 atom stereocenters. The minimum atomic E-state index is -0.990. The topological polar surface area (TPSA) is 89.1 Å². The Morgan fingerprint density at radius 3 is 3.11 bits per heavy atom. The zero-order valence-electron chi connectivity index (χ0n) is 10.4. The number of hydrogen-bond donors (Lipinski definition) is 1. The van der Waals surface area contributed by atoms with Crippen molar-refractivity contribution < 1.29 is 14.4 Å². The first kappa shape index (κ1) is 13.5. The molecule has 0 amide bonds. The van der Waals surface area contributed by atoms with Crippen LogP contribution in [0.15, 0.2) is 27.9 Å². The van der Waals surface area contributed by atoms with Crippen LogP contribution in [-0.4, -0.2) is 26.2 Å². The Labute approximate surface area is 114 Å². The summed E-state index contributed by atoms with van der Waals surface area (Å²) in [6.07, 6.45) is 3.26. The van der Waals surface area contributed by atoms with Crippen LogP contribution in [-0.2, 0) is 12.2 Å². The summed E-state index contributed by atoms with van der Waals surface area (Å²) < 4.78 is 5.06. The van der Waals surface area contributed by atoms with Crippen molar-refractivity contribution in [1.82, 2.24) is 15.1 Å². The highest BCUT2D eigenvalue weighted by Crippen LogP contribution is 2.23. The second-order valence-electron chi connectivity index (χ2n) is 3.80. The molecule has 0 saturated heterocycles. The molecule has 2 heterocycles. The zero-order valence-corrected chi connectivity index (χ0v) is 11.2. The largest absolute Gasteiger partial charge is 0.478 e. The van der Waals surface area contributed by atoms with Gasteiger partial charge in [0, 0.05) is 12.6 Å². The van der Waals surface area contributed by atoms with Crippen LogP contribution < -0.4 is 0 Å². The van der Waals surface area contributed by atoms with Crippen LogP contribution in [0, 0.1) is 0 Å². The van der Waals surface area contributed by atoms with Gasteiger partial charge >= 0.3 is 5.97 Å². The normalized spacial score (nSPS) is 10.6. The van der Waals surface area contributed by atoms with E-state index in [9.17, 15) is 4.79 Å².